The fraction of sp³-hybridized carbons (Fsp3) is 0.444. The largest absolute Gasteiger partial charge is 0.496 e. The molecule has 0 amide bonds. The third-order valence-electron chi connectivity index (χ3n) is 6.27. The van der Waals surface area contributed by atoms with Crippen molar-refractivity contribution in [2.75, 3.05) is 53.3 Å². The minimum absolute atomic E-state index is 0.363. The predicted molar refractivity (Wildman–Crippen MR) is 137 cm³/mol. The van der Waals surface area contributed by atoms with E-state index in [1.165, 1.54) is 11.1 Å². The van der Waals surface area contributed by atoms with Gasteiger partial charge in [0.05, 0.1) is 12.8 Å². The molecule has 2 aromatic heterocycles. The van der Waals surface area contributed by atoms with Gasteiger partial charge in [-0.25, -0.2) is 9.97 Å². The molecule has 0 unspecified atom stereocenters. The lowest BCUT2D eigenvalue weighted by molar-refractivity contribution is 0.196. The first kappa shape index (κ1) is 24.1. The van der Waals surface area contributed by atoms with Gasteiger partial charge in [-0.2, -0.15) is 0 Å². The Bertz CT molecular complexity index is 1090. The third-order valence-corrected chi connectivity index (χ3v) is 6.27. The number of rotatable bonds is 8. The van der Waals surface area contributed by atoms with Crippen LogP contribution in [0.4, 0.5) is 5.82 Å². The van der Waals surface area contributed by atoms with Crippen molar-refractivity contribution in [1.82, 2.24) is 24.8 Å². The zero-order valence-corrected chi connectivity index (χ0v) is 21.0. The minimum atomic E-state index is 0.363. The van der Waals surface area contributed by atoms with Crippen LogP contribution in [-0.4, -0.2) is 73.1 Å². The van der Waals surface area contributed by atoms with Crippen molar-refractivity contribution >= 4 is 5.82 Å². The Kier molecular flexibility index (Phi) is 7.75. The number of aromatic nitrogens is 3. The average Bonchev–Trinajstić information content (AvgIpc) is 2.84. The van der Waals surface area contributed by atoms with E-state index in [-0.39, 0.29) is 0 Å². The normalized spacial score (nSPS) is 16.6. The summed E-state index contributed by atoms with van der Waals surface area (Å²) in [6.45, 7) is 3.85. The molecular formula is C27H36N6O. The second kappa shape index (κ2) is 10.9. The first-order valence-corrected chi connectivity index (χ1v) is 11.9. The Balaban J connectivity index is 1.57. The van der Waals surface area contributed by atoms with Crippen LogP contribution in [0.25, 0.3) is 11.4 Å². The second-order valence-electron chi connectivity index (χ2n) is 9.57. The van der Waals surface area contributed by atoms with E-state index in [4.69, 9.17) is 14.7 Å². The second-order valence-corrected chi connectivity index (χ2v) is 9.57. The van der Waals surface area contributed by atoms with E-state index in [0.717, 1.165) is 67.7 Å². The van der Waals surface area contributed by atoms with Crippen LogP contribution >= 0.6 is 0 Å². The van der Waals surface area contributed by atoms with Gasteiger partial charge in [-0.3, -0.25) is 9.88 Å². The van der Waals surface area contributed by atoms with Crippen LogP contribution in [0.15, 0.2) is 48.8 Å². The number of hydrogen-bond donors (Lipinski definition) is 0. The molecule has 7 heteroatoms. The Hall–Kier alpha value is -3.03. The molecule has 0 aliphatic carbocycles. The molecule has 0 saturated carbocycles. The zero-order valence-electron chi connectivity index (χ0n) is 21.0. The van der Waals surface area contributed by atoms with Crippen LogP contribution in [0.3, 0.4) is 0 Å². The number of methoxy groups -OCH3 is 1. The molecule has 0 N–H and O–H groups in total. The van der Waals surface area contributed by atoms with Gasteiger partial charge in [0.15, 0.2) is 5.82 Å². The van der Waals surface area contributed by atoms with Crippen molar-refractivity contribution in [3.05, 3.63) is 65.6 Å². The molecule has 1 aliphatic rings. The lowest BCUT2D eigenvalue weighted by Gasteiger charge is -2.33. The van der Waals surface area contributed by atoms with E-state index in [2.05, 4.69) is 53.1 Å². The van der Waals surface area contributed by atoms with Gasteiger partial charge in [0.1, 0.15) is 11.6 Å². The number of anilines is 1. The van der Waals surface area contributed by atoms with E-state index < -0.39 is 0 Å². The number of piperidine rings is 1. The van der Waals surface area contributed by atoms with Gasteiger partial charge in [-0.05, 0) is 63.3 Å². The van der Waals surface area contributed by atoms with E-state index in [9.17, 15) is 0 Å². The van der Waals surface area contributed by atoms with E-state index in [1.807, 2.05) is 37.3 Å². The summed E-state index contributed by atoms with van der Waals surface area (Å²) in [5.41, 5.74) is 4.61. The molecule has 1 saturated heterocycles. The molecule has 34 heavy (non-hydrogen) atoms. The van der Waals surface area contributed by atoms with Gasteiger partial charge in [0.2, 0.25) is 0 Å². The quantitative estimate of drug-likeness (QED) is 0.503. The zero-order chi connectivity index (χ0) is 24.1. The fourth-order valence-electron chi connectivity index (χ4n) is 4.62. The highest BCUT2D eigenvalue weighted by molar-refractivity contribution is 5.57. The molecule has 0 spiro atoms. The lowest BCUT2D eigenvalue weighted by Crippen LogP contribution is -2.34. The molecule has 3 aromatic rings. The maximum Gasteiger partial charge on any atom is 0.163 e. The SMILES string of the molecule is COc1ccc(CN(C)C)cc1CN1CCC[C@H](c2cc(N(C)C)nc(-c3cccnc3)n2)C1. The molecule has 1 fully saturated rings. The molecule has 1 aliphatic heterocycles. The van der Waals surface area contributed by atoms with Crippen LogP contribution in [0.1, 0.15) is 35.6 Å². The Morgan fingerprint density at radius 2 is 1.94 bits per heavy atom. The van der Waals surface area contributed by atoms with E-state index >= 15 is 0 Å². The van der Waals surface area contributed by atoms with Crippen molar-refractivity contribution in [2.45, 2.75) is 31.8 Å². The van der Waals surface area contributed by atoms with Crippen LogP contribution in [0, 0.1) is 0 Å². The lowest BCUT2D eigenvalue weighted by atomic mass is 9.93. The summed E-state index contributed by atoms with van der Waals surface area (Å²) in [7, 11) is 10.0. The Labute approximate surface area is 203 Å². The van der Waals surface area contributed by atoms with Crippen molar-refractivity contribution in [2.24, 2.45) is 0 Å². The Morgan fingerprint density at radius 1 is 1.09 bits per heavy atom. The molecule has 0 bridgehead atoms. The summed E-state index contributed by atoms with van der Waals surface area (Å²) < 4.78 is 5.69. The monoisotopic (exact) mass is 460 g/mol. The fourth-order valence-corrected chi connectivity index (χ4v) is 4.62. The van der Waals surface area contributed by atoms with Gasteiger partial charge in [0, 0.05) is 69.2 Å². The van der Waals surface area contributed by atoms with Gasteiger partial charge < -0.3 is 14.5 Å². The molecular weight excluding hydrogens is 424 g/mol. The highest BCUT2D eigenvalue weighted by Crippen LogP contribution is 2.31. The van der Waals surface area contributed by atoms with Crippen molar-refractivity contribution in [3.63, 3.8) is 0 Å². The van der Waals surface area contributed by atoms with E-state index in [0.29, 0.717) is 5.92 Å². The number of pyridine rings is 1. The average molecular weight is 461 g/mol. The Morgan fingerprint density at radius 3 is 2.65 bits per heavy atom. The smallest absolute Gasteiger partial charge is 0.163 e. The van der Waals surface area contributed by atoms with Crippen LogP contribution < -0.4 is 9.64 Å². The minimum Gasteiger partial charge on any atom is -0.496 e. The van der Waals surface area contributed by atoms with E-state index in [1.54, 1.807) is 13.3 Å². The molecule has 3 heterocycles. The summed E-state index contributed by atoms with van der Waals surface area (Å²) in [5, 5.41) is 0. The number of hydrogen-bond acceptors (Lipinski definition) is 7. The summed E-state index contributed by atoms with van der Waals surface area (Å²) in [6, 6.07) is 12.6. The molecule has 7 nitrogen and oxygen atoms in total. The van der Waals surface area contributed by atoms with Gasteiger partial charge in [0.25, 0.3) is 0 Å². The predicted octanol–water partition coefficient (Wildman–Crippen LogP) is 4.05. The molecule has 180 valence electrons. The molecule has 1 aromatic carbocycles. The summed E-state index contributed by atoms with van der Waals surface area (Å²) >= 11 is 0. The van der Waals surface area contributed by atoms with Gasteiger partial charge >= 0.3 is 0 Å². The number of likely N-dealkylation sites (tertiary alicyclic amines) is 1. The first-order valence-electron chi connectivity index (χ1n) is 11.9. The maximum atomic E-state index is 5.69. The van der Waals surface area contributed by atoms with Crippen LogP contribution in [0.5, 0.6) is 5.75 Å². The van der Waals surface area contributed by atoms with Gasteiger partial charge in [-0.1, -0.05) is 6.07 Å². The van der Waals surface area contributed by atoms with Crippen molar-refractivity contribution in [1.29, 1.82) is 0 Å². The number of benzene rings is 1. The number of ether oxygens (including phenoxy) is 1. The van der Waals surface area contributed by atoms with Crippen LogP contribution in [0.2, 0.25) is 0 Å². The van der Waals surface area contributed by atoms with Crippen molar-refractivity contribution < 1.29 is 4.74 Å². The van der Waals surface area contributed by atoms with Crippen molar-refractivity contribution in [3.8, 4) is 17.1 Å². The summed E-state index contributed by atoms with van der Waals surface area (Å²) in [6.07, 6.45) is 5.89. The summed E-state index contributed by atoms with van der Waals surface area (Å²) in [5.74, 6) is 2.99. The first-order chi connectivity index (χ1) is 16.4. The highest BCUT2D eigenvalue weighted by Gasteiger charge is 2.25. The maximum absolute atomic E-state index is 5.69. The highest BCUT2D eigenvalue weighted by atomic mass is 16.5. The van der Waals surface area contributed by atoms with Gasteiger partial charge in [-0.15, -0.1) is 0 Å². The molecule has 4 rings (SSSR count). The summed E-state index contributed by atoms with van der Waals surface area (Å²) in [4.78, 5) is 20.8. The molecule has 1 atom stereocenters. The topological polar surface area (TPSA) is 57.6 Å². The standard InChI is InChI=1S/C27H36N6O/c1-31(2)17-20-10-11-25(34-5)23(14-20)19-33-13-7-9-22(18-33)24-15-26(32(3)4)30-27(29-24)21-8-6-12-28-16-21/h6,8,10-12,14-16,22H,7,9,13,17-19H2,1-5H3/t22-/m0/s1. The molecule has 0 radical (unpaired) electrons. The third kappa shape index (κ3) is 5.90. The number of nitrogens with zero attached hydrogens (tertiary/aromatic N) is 6. The van der Waals surface area contributed by atoms with Crippen LogP contribution in [-0.2, 0) is 13.1 Å².